The number of nitrogens with zero attached hydrogens (tertiary/aromatic N) is 1. The molecule has 0 aromatic heterocycles. The van der Waals surface area contributed by atoms with Crippen LogP contribution in [0.5, 0.6) is 0 Å². The van der Waals surface area contributed by atoms with E-state index in [9.17, 15) is 0 Å². The minimum absolute atomic E-state index is 0.892. The van der Waals surface area contributed by atoms with Gasteiger partial charge < -0.3 is 4.90 Å². The Morgan fingerprint density at radius 3 is 2.85 bits per heavy atom. The Balaban J connectivity index is 1.95. The molecule has 1 heteroatoms. The Bertz CT molecular complexity index is 142. The van der Waals surface area contributed by atoms with Crippen molar-refractivity contribution in [3.8, 4) is 0 Å². The molecule has 1 fully saturated rings. The van der Waals surface area contributed by atoms with E-state index >= 15 is 0 Å². The summed E-state index contributed by atoms with van der Waals surface area (Å²) < 4.78 is 0. The number of rotatable bonds is 6. The summed E-state index contributed by atoms with van der Waals surface area (Å²) in [6.45, 7) is 5.06. The van der Waals surface area contributed by atoms with Crippen molar-refractivity contribution in [3.05, 3.63) is 12.7 Å². The maximum absolute atomic E-state index is 3.74. The lowest BCUT2D eigenvalue weighted by Gasteiger charge is -2.18. The van der Waals surface area contributed by atoms with Gasteiger partial charge in [-0.05, 0) is 45.7 Å². The first-order valence-corrected chi connectivity index (χ1v) is 5.65. The standard InChI is InChI=1S/C12H23N/c1-3-4-5-6-7-9-12-10-8-11-13(12)2/h3,12H,1,4-11H2,2H3/t12-/m0/s1. The molecular formula is C12H23N. The van der Waals surface area contributed by atoms with Gasteiger partial charge in [-0.15, -0.1) is 6.58 Å². The van der Waals surface area contributed by atoms with Crippen LogP contribution < -0.4 is 0 Å². The fourth-order valence-corrected chi connectivity index (χ4v) is 2.19. The molecule has 0 unspecified atom stereocenters. The average Bonchev–Trinajstić information content (AvgIpc) is 2.52. The second kappa shape index (κ2) is 6.20. The van der Waals surface area contributed by atoms with Crippen LogP contribution in [0.25, 0.3) is 0 Å². The van der Waals surface area contributed by atoms with Crippen LogP contribution >= 0.6 is 0 Å². The summed E-state index contributed by atoms with van der Waals surface area (Å²) in [5.41, 5.74) is 0. The third kappa shape index (κ3) is 3.95. The molecule has 13 heavy (non-hydrogen) atoms. The first kappa shape index (κ1) is 10.8. The van der Waals surface area contributed by atoms with E-state index in [0.717, 1.165) is 6.04 Å². The Kier molecular flexibility index (Phi) is 5.14. The van der Waals surface area contributed by atoms with Gasteiger partial charge in [0.1, 0.15) is 0 Å². The van der Waals surface area contributed by atoms with Crippen LogP contribution in [0.1, 0.15) is 44.9 Å². The van der Waals surface area contributed by atoms with Crippen LogP contribution in [-0.2, 0) is 0 Å². The van der Waals surface area contributed by atoms with E-state index in [1.165, 1.54) is 51.5 Å². The van der Waals surface area contributed by atoms with E-state index in [-0.39, 0.29) is 0 Å². The smallest absolute Gasteiger partial charge is 0.00926 e. The Morgan fingerprint density at radius 2 is 2.23 bits per heavy atom. The number of likely N-dealkylation sites (tertiary alicyclic amines) is 1. The third-order valence-electron chi connectivity index (χ3n) is 3.12. The fourth-order valence-electron chi connectivity index (χ4n) is 2.19. The lowest BCUT2D eigenvalue weighted by molar-refractivity contribution is 0.289. The largest absolute Gasteiger partial charge is 0.303 e. The van der Waals surface area contributed by atoms with Crippen LogP contribution in [-0.4, -0.2) is 24.5 Å². The monoisotopic (exact) mass is 181 g/mol. The molecule has 0 amide bonds. The molecule has 1 atom stereocenters. The lowest BCUT2D eigenvalue weighted by Crippen LogP contribution is -2.24. The number of unbranched alkanes of at least 4 members (excludes halogenated alkanes) is 3. The van der Waals surface area contributed by atoms with E-state index < -0.39 is 0 Å². The van der Waals surface area contributed by atoms with Crippen molar-refractivity contribution in [1.82, 2.24) is 4.90 Å². The summed E-state index contributed by atoms with van der Waals surface area (Å²) in [5, 5.41) is 0. The summed E-state index contributed by atoms with van der Waals surface area (Å²) in [7, 11) is 2.27. The fraction of sp³-hybridized carbons (Fsp3) is 0.833. The predicted molar refractivity (Wildman–Crippen MR) is 58.9 cm³/mol. The molecule has 0 bridgehead atoms. The Morgan fingerprint density at radius 1 is 1.38 bits per heavy atom. The van der Waals surface area contributed by atoms with Gasteiger partial charge in [-0.2, -0.15) is 0 Å². The zero-order chi connectivity index (χ0) is 9.52. The first-order valence-electron chi connectivity index (χ1n) is 5.65. The minimum atomic E-state index is 0.892. The average molecular weight is 181 g/mol. The Labute approximate surface area is 82.8 Å². The number of hydrogen-bond donors (Lipinski definition) is 0. The van der Waals surface area contributed by atoms with Crippen LogP contribution in [0.2, 0.25) is 0 Å². The van der Waals surface area contributed by atoms with Crippen molar-refractivity contribution in [3.63, 3.8) is 0 Å². The van der Waals surface area contributed by atoms with E-state index in [1.807, 2.05) is 6.08 Å². The van der Waals surface area contributed by atoms with Crippen molar-refractivity contribution in [1.29, 1.82) is 0 Å². The molecule has 0 N–H and O–H groups in total. The molecule has 76 valence electrons. The number of allylic oxidation sites excluding steroid dienone is 1. The van der Waals surface area contributed by atoms with Gasteiger partial charge in [-0.3, -0.25) is 0 Å². The normalized spacial score (nSPS) is 23.6. The molecule has 1 saturated heterocycles. The predicted octanol–water partition coefficient (Wildman–Crippen LogP) is 3.22. The molecule has 0 saturated carbocycles. The highest BCUT2D eigenvalue weighted by Gasteiger charge is 2.19. The lowest BCUT2D eigenvalue weighted by atomic mass is 10.1. The molecule has 1 rings (SSSR count). The quantitative estimate of drug-likeness (QED) is 0.449. The first-order chi connectivity index (χ1) is 6.34. The van der Waals surface area contributed by atoms with Crippen LogP contribution in [0.4, 0.5) is 0 Å². The second-order valence-electron chi connectivity index (χ2n) is 4.20. The van der Waals surface area contributed by atoms with Gasteiger partial charge in [-0.1, -0.05) is 18.9 Å². The van der Waals surface area contributed by atoms with E-state index in [2.05, 4.69) is 18.5 Å². The molecule has 0 aromatic rings. The van der Waals surface area contributed by atoms with Crippen LogP contribution in [0.3, 0.4) is 0 Å². The van der Waals surface area contributed by atoms with Gasteiger partial charge >= 0.3 is 0 Å². The second-order valence-corrected chi connectivity index (χ2v) is 4.20. The summed E-state index contributed by atoms with van der Waals surface area (Å²) in [6, 6.07) is 0.892. The zero-order valence-corrected chi connectivity index (χ0v) is 8.97. The molecule has 1 nitrogen and oxygen atoms in total. The molecule has 0 aliphatic carbocycles. The van der Waals surface area contributed by atoms with Crippen molar-refractivity contribution in [2.75, 3.05) is 13.6 Å². The molecular weight excluding hydrogens is 158 g/mol. The maximum Gasteiger partial charge on any atom is 0.00926 e. The number of hydrogen-bond acceptors (Lipinski definition) is 1. The molecule has 1 heterocycles. The summed E-state index contributed by atoms with van der Waals surface area (Å²) in [5.74, 6) is 0. The van der Waals surface area contributed by atoms with Crippen LogP contribution in [0.15, 0.2) is 12.7 Å². The van der Waals surface area contributed by atoms with Gasteiger partial charge in [-0.25, -0.2) is 0 Å². The van der Waals surface area contributed by atoms with Gasteiger partial charge in [0.25, 0.3) is 0 Å². The highest BCUT2D eigenvalue weighted by molar-refractivity contribution is 4.76. The highest BCUT2D eigenvalue weighted by atomic mass is 15.1. The minimum Gasteiger partial charge on any atom is -0.303 e. The molecule has 0 aromatic carbocycles. The van der Waals surface area contributed by atoms with Crippen molar-refractivity contribution in [2.45, 2.75) is 51.0 Å². The van der Waals surface area contributed by atoms with Crippen molar-refractivity contribution in [2.24, 2.45) is 0 Å². The Hall–Kier alpha value is -0.300. The zero-order valence-electron chi connectivity index (χ0n) is 8.97. The van der Waals surface area contributed by atoms with E-state index in [0.29, 0.717) is 0 Å². The SMILES string of the molecule is C=CCCCCC[C@H]1CCCN1C. The van der Waals surface area contributed by atoms with E-state index in [4.69, 9.17) is 0 Å². The maximum atomic E-state index is 3.74. The van der Waals surface area contributed by atoms with Gasteiger partial charge in [0.15, 0.2) is 0 Å². The molecule has 1 aliphatic heterocycles. The third-order valence-corrected chi connectivity index (χ3v) is 3.12. The van der Waals surface area contributed by atoms with E-state index in [1.54, 1.807) is 0 Å². The topological polar surface area (TPSA) is 3.24 Å². The van der Waals surface area contributed by atoms with Gasteiger partial charge in [0, 0.05) is 6.04 Å². The summed E-state index contributed by atoms with van der Waals surface area (Å²) in [6.07, 6.45) is 11.6. The van der Waals surface area contributed by atoms with Crippen molar-refractivity contribution >= 4 is 0 Å². The van der Waals surface area contributed by atoms with Gasteiger partial charge in [0.05, 0.1) is 0 Å². The molecule has 0 spiro atoms. The molecule has 0 radical (unpaired) electrons. The summed E-state index contributed by atoms with van der Waals surface area (Å²) in [4.78, 5) is 2.52. The molecule has 1 aliphatic rings. The van der Waals surface area contributed by atoms with Crippen LogP contribution in [0, 0.1) is 0 Å². The highest BCUT2D eigenvalue weighted by Crippen LogP contribution is 2.20. The summed E-state index contributed by atoms with van der Waals surface area (Å²) >= 11 is 0. The van der Waals surface area contributed by atoms with Crippen molar-refractivity contribution < 1.29 is 0 Å². The van der Waals surface area contributed by atoms with Gasteiger partial charge in [0.2, 0.25) is 0 Å².